The molecule has 0 aliphatic carbocycles. The lowest BCUT2D eigenvalue weighted by Crippen LogP contribution is -2.16. The van der Waals surface area contributed by atoms with Gasteiger partial charge in [0.15, 0.2) is 0 Å². The third-order valence-corrected chi connectivity index (χ3v) is 3.73. The third-order valence-electron chi connectivity index (χ3n) is 2.89. The summed E-state index contributed by atoms with van der Waals surface area (Å²) in [7, 11) is 2.93. The fraction of sp³-hybridized carbons (Fsp3) is 0.143. The van der Waals surface area contributed by atoms with Crippen molar-refractivity contribution in [1.82, 2.24) is 4.57 Å². The van der Waals surface area contributed by atoms with Crippen LogP contribution in [0, 0.1) is 0 Å². The summed E-state index contributed by atoms with van der Waals surface area (Å²) in [5.41, 5.74) is 1.13. The van der Waals surface area contributed by atoms with Gasteiger partial charge >= 0.3 is 5.97 Å². The molecule has 1 N–H and O–H groups in total. The molecule has 1 aromatic heterocycles. The number of benzene rings is 1. The number of anilines is 1. The monoisotopic (exact) mass is 326 g/mol. The van der Waals surface area contributed by atoms with Gasteiger partial charge in [0, 0.05) is 12.7 Å². The van der Waals surface area contributed by atoms with Gasteiger partial charge in [0.05, 0.1) is 17.7 Å². The second kappa shape index (κ2) is 6.20. The zero-order valence-electron chi connectivity index (χ0n) is 11.3. The molecule has 0 spiro atoms. The highest BCUT2D eigenvalue weighted by atomic mass is 35.5. The van der Waals surface area contributed by atoms with E-state index in [2.05, 4.69) is 10.1 Å². The molecule has 21 heavy (non-hydrogen) atoms. The minimum absolute atomic E-state index is 0.283. The highest BCUT2D eigenvalue weighted by molar-refractivity contribution is 6.42. The van der Waals surface area contributed by atoms with Crippen LogP contribution in [-0.2, 0) is 11.8 Å². The van der Waals surface area contributed by atoms with Gasteiger partial charge in [-0.1, -0.05) is 29.3 Å². The Kier molecular flexibility index (Phi) is 4.55. The molecule has 0 saturated carbocycles. The number of methoxy groups -OCH3 is 1. The maximum atomic E-state index is 12.2. The number of esters is 1. The van der Waals surface area contributed by atoms with Crippen LogP contribution in [0.4, 0.5) is 5.69 Å². The molecule has 1 heterocycles. The van der Waals surface area contributed by atoms with E-state index in [1.165, 1.54) is 23.8 Å². The highest BCUT2D eigenvalue weighted by Crippen LogP contribution is 2.25. The Morgan fingerprint density at radius 3 is 2.52 bits per heavy atom. The van der Waals surface area contributed by atoms with Crippen LogP contribution in [0.25, 0.3) is 0 Å². The highest BCUT2D eigenvalue weighted by Gasteiger charge is 2.16. The standard InChI is InChI=1S/C14H12Cl2N2O3/c1-18-11(7-10(15)12(18)16)13(19)17-9-5-3-4-8(6-9)14(20)21-2/h3-7H,1-2H3,(H,17,19). The van der Waals surface area contributed by atoms with E-state index in [0.29, 0.717) is 22.0 Å². The number of halogens is 2. The Labute approximate surface area is 131 Å². The lowest BCUT2D eigenvalue weighted by atomic mass is 10.2. The van der Waals surface area contributed by atoms with Gasteiger partial charge in [-0.15, -0.1) is 0 Å². The van der Waals surface area contributed by atoms with E-state index >= 15 is 0 Å². The average molecular weight is 327 g/mol. The molecule has 110 valence electrons. The summed E-state index contributed by atoms with van der Waals surface area (Å²) in [6.45, 7) is 0. The molecule has 0 saturated heterocycles. The van der Waals surface area contributed by atoms with Gasteiger partial charge in [-0.2, -0.15) is 0 Å². The Hall–Kier alpha value is -1.98. The molecule has 0 unspecified atom stereocenters. The number of carbonyl (C=O) groups excluding carboxylic acids is 2. The van der Waals surface area contributed by atoms with Crippen molar-refractivity contribution < 1.29 is 14.3 Å². The van der Waals surface area contributed by atoms with E-state index in [0.717, 1.165) is 0 Å². The van der Waals surface area contributed by atoms with Crippen molar-refractivity contribution in [1.29, 1.82) is 0 Å². The lowest BCUT2D eigenvalue weighted by Gasteiger charge is -2.07. The molecule has 0 fully saturated rings. The van der Waals surface area contributed by atoms with Crippen molar-refractivity contribution >= 4 is 40.8 Å². The first-order chi connectivity index (χ1) is 9.93. The smallest absolute Gasteiger partial charge is 0.337 e. The van der Waals surface area contributed by atoms with Crippen LogP contribution in [0.15, 0.2) is 30.3 Å². The molecule has 2 rings (SSSR count). The number of carbonyl (C=O) groups is 2. The van der Waals surface area contributed by atoms with E-state index < -0.39 is 5.97 Å². The molecule has 0 aliphatic rings. The Bertz CT molecular complexity index is 710. The van der Waals surface area contributed by atoms with Gasteiger partial charge in [-0.3, -0.25) is 4.79 Å². The minimum Gasteiger partial charge on any atom is -0.465 e. The lowest BCUT2D eigenvalue weighted by molar-refractivity contribution is 0.0600. The van der Waals surface area contributed by atoms with Crippen molar-refractivity contribution in [3.05, 3.63) is 51.8 Å². The molecular formula is C14H12Cl2N2O3. The van der Waals surface area contributed by atoms with Gasteiger partial charge in [-0.25, -0.2) is 4.79 Å². The first kappa shape index (κ1) is 15.4. The fourth-order valence-corrected chi connectivity index (χ4v) is 2.17. The minimum atomic E-state index is -0.476. The number of ether oxygens (including phenoxy) is 1. The van der Waals surface area contributed by atoms with Gasteiger partial charge in [0.1, 0.15) is 10.8 Å². The predicted octanol–water partition coefficient (Wildman–Crippen LogP) is 3.37. The number of amides is 1. The van der Waals surface area contributed by atoms with Crippen molar-refractivity contribution in [3.63, 3.8) is 0 Å². The zero-order valence-corrected chi connectivity index (χ0v) is 12.8. The second-order valence-corrected chi connectivity index (χ2v) is 5.02. The largest absolute Gasteiger partial charge is 0.465 e. The normalized spacial score (nSPS) is 10.3. The van der Waals surface area contributed by atoms with E-state index in [1.54, 1.807) is 25.2 Å². The molecule has 1 amide bonds. The predicted molar refractivity (Wildman–Crippen MR) is 81.2 cm³/mol. The number of rotatable bonds is 3. The van der Waals surface area contributed by atoms with Crippen LogP contribution in [-0.4, -0.2) is 23.6 Å². The summed E-state index contributed by atoms with van der Waals surface area (Å²) in [6.07, 6.45) is 0. The topological polar surface area (TPSA) is 60.3 Å². The van der Waals surface area contributed by atoms with Crippen molar-refractivity contribution in [2.45, 2.75) is 0 Å². The second-order valence-electron chi connectivity index (χ2n) is 4.25. The van der Waals surface area contributed by atoms with Crippen LogP contribution in [0.1, 0.15) is 20.8 Å². The third kappa shape index (κ3) is 3.20. The summed E-state index contributed by atoms with van der Waals surface area (Å²) in [5.74, 6) is -0.857. The van der Waals surface area contributed by atoms with Gasteiger partial charge in [0.25, 0.3) is 5.91 Å². The molecule has 0 bridgehead atoms. The van der Waals surface area contributed by atoms with Crippen LogP contribution < -0.4 is 5.32 Å². The Morgan fingerprint density at radius 1 is 1.24 bits per heavy atom. The number of nitrogens with zero attached hydrogens (tertiary/aromatic N) is 1. The van der Waals surface area contributed by atoms with E-state index in [1.807, 2.05) is 0 Å². The molecule has 2 aromatic rings. The van der Waals surface area contributed by atoms with Crippen molar-refractivity contribution in [2.75, 3.05) is 12.4 Å². The van der Waals surface area contributed by atoms with E-state index in [9.17, 15) is 9.59 Å². The van der Waals surface area contributed by atoms with Gasteiger partial charge < -0.3 is 14.6 Å². The average Bonchev–Trinajstić information content (AvgIpc) is 2.74. The summed E-state index contributed by atoms with van der Waals surface area (Å²) < 4.78 is 6.10. The number of hydrogen-bond acceptors (Lipinski definition) is 3. The fourth-order valence-electron chi connectivity index (χ4n) is 1.80. The molecule has 0 atom stereocenters. The molecule has 1 aromatic carbocycles. The van der Waals surface area contributed by atoms with Crippen LogP contribution in [0.3, 0.4) is 0 Å². The summed E-state index contributed by atoms with van der Waals surface area (Å²) in [6, 6.07) is 7.90. The summed E-state index contributed by atoms with van der Waals surface area (Å²) in [5, 5.41) is 3.26. The number of hydrogen-bond donors (Lipinski definition) is 1. The SMILES string of the molecule is COC(=O)c1cccc(NC(=O)c2cc(Cl)c(Cl)n2C)c1. The maximum Gasteiger partial charge on any atom is 0.337 e. The van der Waals surface area contributed by atoms with Crippen LogP contribution >= 0.6 is 23.2 Å². The Balaban J connectivity index is 2.23. The maximum absolute atomic E-state index is 12.2. The van der Waals surface area contributed by atoms with Crippen molar-refractivity contribution in [3.8, 4) is 0 Å². The molecular weight excluding hydrogens is 315 g/mol. The number of aromatic nitrogens is 1. The first-order valence-electron chi connectivity index (χ1n) is 5.94. The molecule has 0 radical (unpaired) electrons. The summed E-state index contributed by atoms with van der Waals surface area (Å²) >= 11 is 11.8. The van der Waals surface area contributed by atoms with E-state index in [-0.39, 0.29) is 11.1 Å². The summed E-state index contributed by atoms with van der Waals surface area (Å²) in [4.78, 5) is 23.6. The van der Waals surface area contributed by atoms with E-state index in [4.69, 9.17) is 23.2 Å². The first-order valence-corrected chi connectivity index (χ1v) is 6.70. The van der Waals surface area contributed by atoms with Crippen LogP contribution in [0.2, 0.25) is 10.2 Å². The Morgan fingerprint density at radius 2 is 1.95 bits per heavy atom. The van der Waals surface area contributed by atoms with Gasteiger partial charge in [0.2, 0.25) is 0 Å². The number of nitrogens with one attached hydrogen (secondary N) is 1. The van der Waals surface area contributed by atoms with Gasteiger partial charge in [-0.05, 0) is 24.3 Å². The molecule has 7 heteroatoms. The van der Waals surface area contributed by atoms with Crippen molar-refractivity contribution in [2.24, 2.45) is 7.05 Å². The zero-order chi connectivity index (χ0) is 15.6. The molecule has 5 nitrogen and oxygen atoms in total. The van der Waals surface area contributed by atoms with Crippen LogP contribution in [0.5, 0.6) is 0 Å². The molecule has 0 aliphatic heterocycles. The quantitative estimate of drug-likeness (QED) is 0.879.